The molecule has 27 heavy (non-hydrogen) atoms. The highest BCUT2D eigenvalue weighted by Gasteiger charge is 2.05. The molecule has 0 aromatic heterocycles. The van der Waals surface area contributed by atoms with Crippen molar-refractivity contribution in [1.82, 2.24) is 5.32 Å². The van der Waals surface area contributed by atoms with E-state index in [2.05, 4.69) is 26.1 Å². The summed E-state index contributed by atoms with van der Waals surface area (Å²) in [6, 6.07) is 0. The van der Waals surface area contributed by atoms with Crippen LogP contribution in [0.3, 0.4) is 0 Å². The molecule has 1 unspecified atom stereocenters. The van der Waals surface area contributed by atoms with Gasteiger partial charge in [0.25, 0.3) is 0 Å². The Morgan fingerprint density at radius 1 is 0.481 bits per heavy atom. The van der Waals surface area contributed by atoms with Gasteiger partial charge < -0.3 is 5.32 Å². The lowest BCUT2D eigenvalue weighted by atomic mass is 9.97. The van der Waals surface area contributed by atoms with Crippen LogP contribution >= 0.6 is 0 Å². The minimum absolute atomic E-state index is 0.911. The second-order valence-electron chi connectivity index (χ2n) is 8.92. The van der Waals surface area contributed by atoms with Gasteiger partial charge in [0.1, 0.15) is 0 Å². The van der Waals surface area contributed by atoms with E-state index >= 15 is 0 Å². The summed E-state index contributed by atoms with van der Waals surface area (Å²) < 4.78 is 0. The fraction of sp³-hybridized carbons (Fsp3) is 1.00. The summed E-state index contributed by atoms with van der Waals surface area (Å²) in [5.74, 6) is 0.911. The standard InChI is InChI=1S/C26H55N/c1-4-7-9-11-12-13-14-15-16-17-18-19-20-21-23-26(6-3)25-27-24-22-10-8-5-2/h26-27H,4-25H2,1-3H3. The zero-order valence-electron chi connectivity index (χ0n) is 19.6. The van der Waals surface area contributed by atoms with Crippen molar-refractivity contribution in [1.29, 1.82) is 0 Å². The van der Waals surface area contributed by atoms with Crippen LogP contribution in [0.15, 0.2) is 0 Å². The third kappa shape index (κ3) is 22.1. The van der Waals surface area contributed by atoms with Crippen LogP contribution in [-0.4, -0.2) is 13.1 Å². The molecular formula is C26H55N. The van der Waals surface area contributed by atoms with E-state index in [0.717, 1.165) is 5.92 Å². The smallest absolute Gasteiger partial charge is 0.00206 e. The van der Waals surface area contributed by atoms with E-state index in [9.17, 15) is 0 Å². The van der Waals surface area contributed by atoms with Crippen molar-refractivity contribution in [2.45, 2.75) is 149 Å². The van der Waals surface area contributed by atoms with Gasteiger partial charge >= 0.3 is 0 Å². The molecular weight excluding hydrogens is 326 g/mol. The van der Waals surface area contributed by atoms with E-state index in [1.807, 2.05) is 0 Å². The van der Waals surface area contributed by atoms with Crippen LogP contribution in [0.5, 0.6) is 0 Å². The average Bonchev–Trinajstić information content (AvgIpc) is 2.69. The van der Waals surface area contributed by atoms with Gasteiger partial charge in [-0.2, -0.15) is 0 Å². The minimum atomic E-state index is 0.911. The van der Waals surface area contributed by atoms with Gasteiger partial charge in [0.15, 0.2) is 0 Å². The zero-order chi connectivity index (χ0) is 19.8. The first kappa shape index (κ1) is 27.0. The van der Waals surface area contributed by atoms with E-state index in [-0.39, 0.29) is 0 Å². The van der Waals surface area contributed by atoms with Crippen LogP contribution in [0.4, 0.5) is 0 Å². The maximum absolute atomic E-state index is 3.69. The van der Waals surface area contributed by atoms with E-state index in [1.54, 1.807) is 0 Å². The first-order valence-electron chi connectivity index (χ1n) is 13.1. The molecule has 0 heterocycles. The Hall–Kier alpha value is -0.0400. The Kier molecular flexibility index (Phi) is 24.0. The van der Waals surface area contributed by atoms with Crippen LogP contribution in [0, 0.1) is 5.92 Å². The first-order chi connectivity index (χ1) is 13.3. The minimum Gasteiger partial charge on any atom is -0.316 e. The van der Waals surface area contributed by atoms with Gasteiger partial charge in [-0.15, -0.1) is 0 Å². The maximum Gasteiger partial charge on any atom is -0.00206 e. The van der Waals surface area contributed by atoms with Crippen molar-refractivity contribution in [3.63, 3.8) is 0 Å². The van der Waals surface area contributed by atoms with E-state index < -0.39 is 0 Å². The number of hydrogen-bond acceptors (Lipinski definition) is 1. The first-order valence-corrected chi connectivity index (χ1v) is 13.1. The van der Waals surface area contributed by atoms with Gasteiger partial charge in [0, 0.05) is 0 Å². The highest BCUT2D eigenvalue weighted by atomic mass is 14.8. The molecule has 0 aliphatic heterocycles. The molecule has 0 aromatic carbocycles. The normalized spacial score (nSPS) is 12.6. The van der Waals surface area contributed by atoms with Crippen LogP contribution in [0.1, 0.15) is 149 Å². The second-order valence-corrected chi connectivity index (χ2v) is 8.92. The average molecular weight is 382 g/mol. The lowest BCUT2D eigenvalue weighted by Gasteiger charge is -2.15. The molecule has 0 radical (unpaired) electrons. The molecule has 0 rings (SSSR count). The molecule has 0 fully saturated rings. The largest absolute Gasteiger partial charge is 0.316 e. The monoisotopic (exact) mass is 381 g/mol. The molecule has 0 saturated heterocycles. The summed E-state index contributed by atoms with van der Waals surface area (Å²) in [6.07, 6.45) is 28.8. The van der Waals surface area contributed by atoms with Crippen molar-refractivity contribution in [2.75, 3.05) is 13.1 Å². The van der Waals surface area contributed by atoms with Gasteiger partial charge in [-0.1, -0.05) is 136 Å². The number of unbranched alkanes of at least 4 members (excludes halogenated alkanes) is 16. The Bertz CT molecular complexity index is 251. The fourth-order valence-electron chi connectivity index (χ4n) is 4.06. The second kappa shape index (κ2) is 24.0. The van der Waals surface area contributed by atoms with Crippen molar-refractivity contribution in [2.24, 2.45) is 5.92 Å². The number of hydrogen-bond donors (Lipinski definition) is 1. The van der Waals surface area contributed by atoms with Gasteiger partial charge in [0.05, 0.1) is 0 Å². The highest BCUT2D eigenvalue weighted by Crippen LogP contribution is 2.16. The zero-order valence-corrected chi connectivity index (χ0v) is 19.6. The van der Waals surface area contributed by atoms with Gasteiger partial charge in [-0.25, -0.2) is 0 Å². The molecule has 0 bridgehead atoms. The molecule has 0 aliphatic rings. The quantitative estimate of drug-likeness (QED) is 0.174. The molecule has 164 valence electrons. The van der Waals surface area contributed by atoms with Crippen LogP contribution < -0.4 is 5.32 Å². The predicted octanol–water partition coefficient (Wildman–Crippen LogP) is 9.05. The van der Waals surface area contributed by atoms with Crippen LogP contribution in [-0.2, 0) is 0 Å². The third-order valence-electron chi connectivity index (χ3n) is 6.18. The summed E-state index contributed by atoms with van der Waals surface area (Å²) in [4.78, 5) is 0. The van der Waals surface area contributed by atoms with Gasteiger partial charge in [0.2, 0.25) is 0 Å². The van der Waals surface area contributed by atoms with Crippen molar-refractivity contribution in [3.8, 4) is 0 Å². The van der Waals surface area contributed by atoms with Crippen LogP contribution in [0.2, 0.25) is 0 Å². The Balaban J connectivity index is 3.22. The van der Waals surface area contributed by atoms with Gasteiger partial charge in [-0.05, 0) is 31.8 Å². The van der Waals surface area contributed by atoms with Gasteiger partial charge in [-0.3, -0.25) is 0 Å². The van der Waals surface area contributed by atoms with E-state index in [4.69, 9.17) is 0 Å². The SMILES string of the molecule is CCCCCCCCCCCCCCCCC(CC)CNCCCCCC. The molecule has 0 spiro atoms. The van der Waals surface area contributed by atoms with Crippen molar-refractivity contribution < 1.29 is 0 Å². The summed E-state index contributed by atoms with van der Waals surface area (Å²) in [6.45, 7) is 9.44. The van der Waals surface area contributed by atoms with Crippen molar-refractivity contribution in [3.05, 3.63) is 0 Å². The van der Waals surface area contributed by atoms with Crippen molar-refractivity contribution >= 4 is 0 Å². The summed E-state index contributed by atoms with van der Waals surface area (Å²) in [5.41, 5.74) is 0. The van der Waals surface area contributed by atoms with Crippen LogP contribution in [0.25, 0.3) is 0 Å². The maximum atomic E-state index is 3.69. The van der Waals surface area contributed by atoms with E-state index in [0.29, 0.717) is 0 Å². The molecule has 1 N–H and O–H groups in total. The Labute approximate surface area is 173 Å². The third-order valence-corrected chi connectivity index (χ3v) is 6.18. The summed E-state index contributed by atoms with van der Waals surface area (Å²) in [7, 11) is 0. The molecule has 1 heteroatoms. The Morgan fingerprint density at radius 2 is 0.889 bits per heavy atom. The molecule has 0 aliphatic carbocycles. The lowest BCUT2D eigenvalue weighted by Crippen LogP contribution is -2.23. The lowest BCUT2D eigenvalue weighted by molar-refractivity contribution is 0.407. The summed E-state index contributed by atoms with van der Waals surface area (Å²) in [5, 5.41) is 3.69. The molecule has 0 saturated carbocycles. The van der Waals surface area contributed by atoms with E-state index in [1.165, 1.54) is 142 Å². The fourth-order valence-corrected chi connectivity index (χ4v) is 4.06. The molecule has 1 nitrogen and oxygen atoms in total. The Morgan fingerprint density at radius 3 is 1.33 bits per heavy atom. The topological polar surface area (TPSA) is 12.0 Å². The number of nitrogens with one attached hydrogen (secondary N) is 1. The molecule has 0 amide bonds. The highest BCUT2D eigenvalue weighted by molar-refractivity contribution is 4.62. The molecule has 1 atom stereocenters. The number of rotatable bonds is 23. The summed E-state index contributed by atoms with van der Waals surface area (Å²) >= 11 is 0. The molecule has 0 aromatic rings. The predicted molar refractivity (Wildman–Crippen MR) is 126 cm³/mol.